The zero-order valence-corrected chi connectivity index (χ0v) is 10.5. The summed E-state index contributed by atoms with van der Waals surface area (Å²) in [4.78, 5) is 11.7. The quantitative estimate of drug-likeness (QED) is 0.757. The van der Waals surface area contributed by atoms with Gasteiger partial charge in [-0.05, 0) is 18.3 Å². The number of hydrogen-bond donors (Lipinski definition) is 2. The Morgan fingerprint density at radius 1 is 1.56 bits per heavy atom. The molecule has 1 rings (SSSR count). The molecule has 0 aromatic heterocycles. The minimum Gasteiger partial charge on any atom is -0.391 e. The van der Waals surface area contributed by atoms with Gasteiger partial charge in [-0.15, -0.1) is 0 Å². The first-order valence-electron chi connectivity index (χ1n) is 5.95. The molecule has 1 saturated heterocycles. The lowest BCUT2D eigenvalue weighted by atomic mass is 9.89. The normalized spacial score (nSPS) is 23.9. The number of ether oxygens (including phenoxy) is 1. The number of carbonyl (C=O) groups is 1. The molecule has 0 spiro atoms. The number of carbonyl (C=O) groups excluding carboxylic acids is 1. The first kappa shape index (κ1) is 13.5. The van der Waals surface area contributed by atoms with Gasteiger partial charge in [0.1, 0.15) is 0 Å². The van der Waals surface area contributed by atoms with Crippen LogP contribution in [0.5, 0.6) is 0 Å². The van der Waals surface area contributed by atoms with Gasteiger partial charge in [-0.1, -0.05) is 20.8 Å². The highest BCUT2D eigenvalue weighted by molar-refractivity contribution is 5.78. The summed E-state index contributed by atoms with van der Waals surface area (Å²) in [5, 5.41) is 12.6. The number of amides is 1. The third-order valence-electron chi connectivity index (χ3n) is 3.00. The standard InChI is InChI=1S/C12H23NO3/c1-12(2,3)10(14)7-13-11(15)9-5-4-6-16-8-9/h9-10,14H,4-8H2,1-3H3,(H,13,15). The van der Waals surface area contributed by atoms with Gasteiger partial charge in [0.15, 0.2) is 0 Å². The van der Waals surface area contributed by atoms with Crippen molar-refractivity contribution in [2.45, 2.75) is 39.7 Å². The van der Waals surface area contributed by atoms with E-state index in [0.29, 0.717) is 13.2 Å². The molecule has 4 nitrogen and oxygen atoms in total. The van der Waals surface area contributed by atoms with Gasteiger partial charge in [-0.2, -0.15) is 0 Å². The van der Waals surface area contributed by atoms with Gasteiger partial charge in [0.05, 0.1) is 18.6 Å². The topological polar surface area (TPSA) is 58.6 Å². The van der Waals surface area contributed by atoms with Crippen LogP contribution in [0.4, 0.5) is 0 Å². The second kappa shape index (κ2) is 5.64. The fraction of sp³-hybridized carbons (Fsp3) is 0.917. The lowest BCUT2D eigenvalue weighted by molar-refractivity contribution is -0.129. The number of hydrogen-bond acceptors (Lipinski definition) is 3. The van der Waals surface area contributed by atoms with Crippen LogP contribution < -0.4 is 5.32 Å². The molecule has 0 aromatic carbocycles. The molecule has 1 fully saturated rings. The molecule has 1 heterocycles. The summed E-state index contributed by atoms with van der Waals surface area (Å²) in [5.41, 5.74) is -0.198. The second-order valence-electron chi connectivity index (χ2n) is 5.54. The monoisotopic (exact) mass is 229 g/mol. The van der Waals surface area contributed by atoms with Crippen LogP contribution in [-0.4, -0.2) is 36.9 Å². The number of rotatable bonds is 3. The van der Waals surface area contributed by atoms with Gasteiger partial charge in [0, 0.05) is 13.2 Å². The summed E-state index contributed by atoms with van der Waals surface area (Å²) in [6.45, 7) is 7.44. The second-order valence-corrected chi connectivity index (χ2v) is 5.54. The summed E-state index contributed by atoms with van der Waals surface area (Å²) in [6.07, 6.45) is 1.32. The van der Waals surface area contributed by atoms with Crippen LogP contribution >= 0.6 is 0 Å². The van der Waals surface area contributed by atoms with Crippen molar-refractivity contribution in [1.82, 2.24) is 5.32 Å². The predicted molar refractivity (Wildman–Crippen MR) is 62.0 cm³/mol. The molecular weight excluding hydrogens is 206 g/mol. The Balaban J connectivity index is 2.29. The summed E-state index contributed by atoms with van der Waals surface area (Å²) in [7, 11) is 0. The fourth-order valence-electron chi connectivity index (χ4n) is 1.60. The zero-order chi connectivity index (χ0) is 12.2. The third kappa shape index (κ3) is 4.10. The Hall–Kier alpha value is -0.610. The minimum absolute atomic E-state index is 0.00278. The van der Waals surface area contributed by atoms with E-state index in [-0.39, 0.29) is 17.2 Å². The van der Waals surface area contributed by atoms with Crippen molar-refractivity contribution in [2.24, 2.45) is 11.3 Å². The van der Waals surface area contributed by atoms with Crippen LogP contribution in [0.1, 0.15) is 33.6 Å². The van der Waals surface area contributed by atoms with Crippen LogP contribution in [0.3, 0.4) is 0 Å². The van der Waals surface area contributed by atoms with Gasteiger partial charge >= 0.3 is 0 Å². The molecule has 0 saturated carbocycles. The molecule has 0 aromatic rings. The van der Waals surface area contributed by atoms with Crippen LogP contribution in [0, 0.1) is 11.3 Å². The molecule has 0 radical (unpaired) electrons. The maximum absolute atomic E-state index is 11.7. The molecule has 0 aliphatic carbocycles. The maximum Gasteiger partial charge on any atom is 0.225 e. The van der Waals surface area contributed by atoms with Crippen molar-refractivity contribution in [2.75, 3.05) is 19.8 Å². The SMILES string of the molecule is CC(C)(C)C(O)CNC(=O)C1CCCOC1. The summed E-state index contributed by atoms with van der Waals surface area (Å²) in [5.74, 6) is -0.0380. The number of aliphatic hydroxyl groups is 1. The highest BCUT2D eigenvalue weighted by Gasteiger charge is 2.25. The number of nitrogens with one attached hydrogen (secondary N) is 1. The molecule has 0 bridgehead atoms. The molecule has 4 heteroatoms. The molecule has 2 atom stereocenters. The van der Waals surface area contributed by atoms with Crippen molar-refractivity contribution in [1.29, 1.82) is 0 Å². The van der Waals surface area contributed by atoms with Gasteiger partial charge in [0.2, 0.25) is 5.91 Å². The predicted octanol–water partition coefficient (Wildman–Crippen LogP) is 0.936. The van der Waals surface area contributed by atoms with Crippen LogP contribution in [0.25, 0.3) is 0 Å². The highest BCUT2D eigenvalue weighted by Crippen LogP contribution is 2.18. The maximum atomic E-state index is 11.7. The molecule has 2 N–H and O–H groups in total. The molecule has 2 unspecified atom stereocenters. The van der Waals surface area contributed by atoms with E-state index in [1.54, 1.807) is 0 Å². The Bertz CT molecular complexity index is 229. The Morgan fingerprint density at radius 3 is 2.75 bits per heavy atom. The van der Waals surface area contributed by atoms with E-state index in [1.165, 1.54) is 0 Å². The summed E-state index contributed by atoms with van der Waals surface area (Å²) in [6, 6.07) is 0. The van der Waals surface area contributed by atoms with Gasteiger partial charge in [0.25, 0.3) is 0 Å². The first-order valence-corrected chi connectivity index (χ1v) is 5.95. The molecule has 1 amide bonds. The zero-order valence-electron chi connectivity index (χ0n) is 10.5. The van der Waals surface area contributed by atoms with E-state index in [0.717, 1.165) is 19.4 Å². The van der Waals surface area contributed by atoms with Crippen LogP contribution in [0.15, 0.2) is 0 Å². The molecule has 1 aliphatic rings. The van der Waals surface area contributed by atoms with Crippen molar-refractivity contribution in [3.05, 3.63) is 0 Å². The smallest absolute Gasteiger partial charge is 0.225 e. The van der Waals surface area contributed by atoms with E-state index in [9.17, 15) is 9.90 Å². The number of aliphatic hydroxyl groups excluding tert-OH is 1. The van der Waals surface area contributed by atoms with E-state index in [2.05, 4.69) is 5.32 Å². The average molecular weight is 229 g/mol. The minimum atomic E-state index is -0.513. The molecule has 16 heavy (non-hydrogen) atoms. The van der Waals surface area contributed by atoms with E-state index in [4.69, 9.17) is 4.74 Å². The van der Waals surface area contributed by atoms with Crippen molar-refractivity contribution < 1.29 is 14.6 Å². The van der Waals surface area contributed by atoms with Crippen LogP contribution in [0.2, 0.25) is 0 Å². The molecular formula is C12H23NO3. The van der Waals surface area contributed by atoms with Crippen molar-refractivity contribution >= 4 is 5.91 Å². The van der Waals surface area contributed by atoms with Gasteiger partial charge < -0.3 is 15.2 Å². The van der Waals surface area contributed by atoms with Gasteiger partial charge in [-0.25, -0.2) is 0 Å². The Morgan fingerprint density at radius 2 is 2.25 bits per heavy atom. The van der Waals surface area contributed by atoms with Crippen LogP contribution in [-0.2, 0) is 9.53 Å². The van der Waals surface area contributed by atoms with Crippen molar-refractivity contribution in [3.63, 3.8) is 0 Å². The molecule has 1 aliphatic heterocycles. The summed E-state index contributed by atoms with van der Waals surface area (Å²) >= 11 is 0. The van der Waals surface area contributed by atoms with Crippen molar-refractivity contribution in [3.8, 4) is 0 Å². The van der Waals surface area contributed by atoms with E-state index in [1.807, 2.05) is 20.8 Å². The largest absolute Gasteiger partial charge is 0.391 e. The average Bonchev–Trinajstić information content (AvgIpc) is 2.25. The molecule has 94 valence electrons. The van der Waals surface area contributed by atoms with Gasteiger partial charge in [-0.3, -0.25) is 4.79 Å². The fourth-order valence-corrected chi connectivity index (χ4v) is 1.60. The lowest BCUT2D eigenvalue weighted by Crippen LogP contribution is -2.43. The third-order valence-corrected chi connectivity index (χ3v) is 3.00. The Kier molecular flexibility index (Phi) is 4.74. The lowest BCUT2D eigenvalue weighted by Gasteiger charge is -2.27. The highest BCUT2D eigenvalue weighted by atomic mass is 16.5. The Labute approximate surface area is 97.4 Å². The van der Waals surface area contributed by atoms with E-state index < -0.39 is 6.10 Å². The first-order chi connectivity index (χ1) is 7.41. The summed E-state index contributed by atoms with van der Waals surface area (Å²) < 4.78 is 5.25. The van der Waals surface area contributed by atoms with E-state index >= 15 is 0 Å².